The molecule has 4 heterocycles. The summed E-state index contributed by atoms with van der Waals surface area (Å²) >= 11 is 0. The Hall–Kier alpha value is -0.960. The van der Waals surface area contributed by atoms with Crippen molar-refractivity contribution in [2.75, 3.05) is 52.9 Å². The third-order valence-corrected chi connectivity index (χ3v) is 12.8. The fourth-order valence-electron chi connectivity index (χ4n) is 8.53. The smallest absolute Gasteiger partial charge is 0.187 e. The molecule has 0 saturated carbocycles. The van der Waals surface area contributed by atoms with Crippen molar-refractivity contribution in [1.29, 1.82) is 0 Å². The van der Waals surface area contributed by atoms with Crippen molar-refractivity contribution in [2.45, 2.75) is 226 Å². The van der Waals surface area contributed by atoms with Crippen LogP contribution in [0.5, 0.6) is 0 Å². The molecule has 14 N–H and O–H groups in total. The Balaban J connectivity index is 1.49. The number of aliphatic hydroxyl groups is 14. The van der Waals surface area contributed by atoms with Crippen LogP contribution in [0.2, 0.25) is 0 Å². The molecule has 4 fully saturated rings. The molecule has 0 aromatic heterocycles. The van der Waals surface area contributed by atoms with Gasteiger partial charge in [0, 0.05) is 13.2 Å². The van der Waals surface area contributed by atoms with Gasteiger partial charge >= 0.3 is 0 Å². The Labute approximate surface area is 397 Å². The zero-order chi connectivity index (χ0) is 49.9. The summed E-state index contributed by atoms with van der Waals surface area (Å²) in [5.41, 5.74) is 0. The second-order valence-electron chi connectivity index (χ2n) is 18.0. The molecule has 4 aliphatic heterocycles. The number of aliphatic hydroxyl groups excluding tert-OH is 14. The normalized spacial score (nSPS) is 40.1. The van der Waals surface area contributed by atoms with E-state index in [-0.39, 0.29) is 26.4 Å². The van der Waals surface area contributed by atoms with Crippen molar-refractivity contribution in [3.05, 3.63) is 0 Å². The topological polar surface area (TPSA) is 376 Å². The zero-order valence-electron chi connectivity index (χ0n) is 39.2. The van der Waals surface area contributed by atoms with E-state index in [0.717, 1.165) is 64.2 Å². The van der Waals surface area contributed by atoms with Crippen LogP contribution in [0.3, 0.4) is 0 Å². The van der Waals surface area contributed by atoms with E-state index in [9.17, 15) is 71.5 Å². The first kappa shape index (κ1) is 59.6. The maximum absolute atomic E-state index is 11.3. The van der Waals surface area contributed by atoms with Crippen LogP contribution >= 0.6 is 0 Å². The second kappa shape index (κ2) is 30.9. The lowest BCUT2D eigenvalue weighted by Crippen LogP contribution is -2.65. The lowest BCUT2D eigenvalue weighted by molar-refractivity contribution is -0.363. The Morgan fingerprint density at radius 3 is 1.00 bits per heavy atom. The van der Waals surface area contributed by atoms with Crippen LogP contribution in [0.1, 0.15) is 90.9 Å². The Morgan fingerprint density at radius 2 is 0.662 bits per heavy atom. The summed E-state index contributed by atoms with van der Waals surface area (Å²) in [6.07, 6.45) is -24.0. The van der Waals surface area contributed by atoms with Crippen LogP contribution in [0.25, 0.3) is 0 Å². The lowest BCUT2D eigenvalue weighted by atomic mass is 9.97. The van der Waals surface area contributed by atoms with E-state index in [1.54, 1.807) is 0 Å². The van der Waals surface area contributed by atoms with Crippen molar-refractivity contribution in [1.82, 2.24) is 0 Å². The summed E-state index contributed by atoms with van der Waals surface area (Å²) < 4.78 is 58.7. The molecule has 22 atom stereocenters. The van der Waals surface area contributed by atoms with Gasteiger partial charge in [0.05, 0.1) is 39.6 Å². The van der Waals surface area contributed by atoms with Gasteiger partial charge in [-0.05, 0) is 12.8 Å². The van der Waals surface area contributed by atoms with Crippen molar-refractivity contribution < 1.29 is 119 Å². The van der Waals surface area contributed by atoms with E-state index in [2.05, 4.69) is 13.8 Å². The molecular formula is C44H82O24. The molecule has 0 aliphatic carbocycles. The SMILES string of the molecule is CCCCCCCCO[C@H](CO[C@@H]1O[C@H](CO)[C@@H](O[C@@H]2O[C@H](CO)[C@@H](O)[C@H](O)[C@H]2O)[C@H](O)[C@H]1O)[C@@H](CO[C@@H]1O[C@H](CO)[C@@H](O[C@@H]2O[C@H](CO)[C@@H](O)[C@H](O)[C@H]2O)[C@H](O)[C@H]1O)OCCCCCCCC. The highest BCUT2D eigenvalue weighted by atomic mass is 16.8. The van der Waals surface area contributed by atoms with Gasteiger partial charge in [-0.1, -0.05) is 78.1 Å². The van der Waals surface area contributed by atoms with E-state index < -0.39 is 161 Å². The molecule has 0 aromatic carbocycles. The van der Waals surface area contributed by atoms with Crippen LogP contribution in [-0.4, -0.2) is 259 Å². The molecule has 402 valence electrons. The maximum Gasteiger partial charge on any atom is 0.187 e. The summed E-state index contributed by atoms with van der Waals surface area (Å²) in [5.74, 6) is 0. The summed E-state index contributed by atoms with van der Waals surface area (Å²) in [7, 11) is 0. The first-order valence-electron chi connectivity index (χ1n) is 24.3. The predicted molar refractivity (Wildman–Crippen MR) is 231 cm³/mol. The fraction of sp³-hybridized carbons (Fsp3) is 1.00. The van der Waals surface area contributed by atoms with Gasteiger partial charge in [0.1, 0.15) is 110 Å². The molecule has 0 unspecified atom stereocenters. The second-order valence-corrected chi connectivity index (χ2v) is 18.0. The monoisotopic (exact) mass is 995 g/mol. The molecule has 68 heavy (non-hydrogen) atoms. The quantitative estimate of drug-likeness (QED) is 0.0293. The van der Waals surface area contributed by atoms with E-state index in [0.29, 0.717) is 12.8 Å². The molecule has 0 spiro atoms. The first-order chi connectivity index (χ1) is 32.7. The van der Waals surface area contributed by atoms with Gasteiger partial charge in [-0.2, -0.15) is 0 Å². The molecule has 4 rings (SSSR count). The van der Waals surface area contributed by atoms with Gasteiger partial charge in [-0.3, -0.25) is 0 Å². The molecule has 0 bridgehead atoms. The third-order valence-electron chi connectivity index (χ3n) is 12.8. The van der Waals surface area contributed by atoms with Crippen LogP contribution < -0.4 is 0 Å². The third kappa shape index (κ3) is 16.5. The lowest BCUT2D eigenvalue weighted by Gasteiger charge is -2.46. The van der Waals surface area contributed by atoms with Gasteiger partial charge < -0.3 is 119 Å². The number of hydrogen-bond acceptors (Lipinski definition) is 24. The molecule has 4 saturated heterocycles. The average molecular weight is 995 g/mol. The largest absolute Gasteiger partial charge is 0.394 e. The summed E-state index contributed by atoms with van der Waals surface area (Å²) in [5, 5.41) is 147. The highest BCUT2D eigenvalue weighted by Crippen LogP contribution is 2.32. The Bertz CT molecular complexity index is 1220. The van der Waals surface area contributed by atoms with Crippen molar-refractivity contribution in [3.63, 3.8) is 0 Å². The van der Waals surface area contributed by atoms with E-state index in [1.165, 1.54) is 0 Å². The number of rotatable bonds is 31. The Kier molecular flexibility index (Phi) is 27.1. The first-order valence-corrected chi connectivity index (χ1v) is 24.3. The highest BCUT2D eigenvalue weighted by molar-refractivity contribution is 4.96. The number of ether oxygens (including phenoxy) is 10. The molecule has 4 aliphatic rings. The maximum atomic E-state index is 11.3. The molecule has 24 heteroatoms. The van der Waals surface area contributed by atoms with Crippen molar-refractivity contribution in [2.24, 2.45) is 0 Å². The van der Waals surface area contributed by atoms with Gasteiger partial charge in [0.15, 0.2) is 25.2 Å². The van der Waals surface area contributed by atoms with Crippen LogP contribution in [0.15, 0.2) is 0 Å². The zero-order valence-corrected chi connectivity index (χ0v) is 39.2. The fourth-order valence-corrected chi connectivity index (χ4v) is 8.53. The van der Waals surface area contributed by atoms with Crippen molar-refractivity contribution in [3.8, 4) is 0 Å². The molecule has 0 amide bonds. The van der Waals surface area contributed by atoms with E-state index >= 15 is 0 Å². The molecule has 0 radical (unpaired) electrons. The van der Waals surface area contributed by atoms with Gasteiger partial charge in [-0.15, -0.1) is 0 Å². The van der Waals surface area contributed by atoms with Gasteiger partial charge in [-0.25, -0.2) is 0 Å². The minimum atomic E-state index is -1.85. The van der Waals surface area contributed by atoms with E-state index in [1.807, 2.05) is 0 Å². The highest BCUT2D eigenvalue weighted by Gasteiger charge is 2.53. The summed E-state index contributed by atoms with van der Waals surface area (Å²) in [6, 6.07) is 0. The standard InChI is InChI=1S/C44H82O24/c1-3-5-7-9-11-13-15-59-27(21-61-41-37(57)33(53)39(25(19-47)65-41)67-43-35(55)31(51)29(49)23(17-45)63-43)28(60-16-14-12-10-8-6-4-2)22-62-42-38(58)34(54)40(26(20-48)66-42)68-44-36(56)32(52)30(50)24(18-46)64-44/h23-58H,3-22H2,1-2H3/t23-,24-,25-,26-,27-,28-,29-,30-,31+,32+,33-,34-,35-,36-,37-,38-,39-,40-,41-,42-,43+,44+/m1/s1. The molecular weight excluding hydrogens is 912 g/mol. The number of hydrogen-bond donors (Lipinski definition) is 14. The van der Waals surface area contributed by atoms with Gasteiger partial charge in [0.25, 0.3) is 0 Å². The van der Waals surface area contributed by atoms with Crippen molar-refractivity contribution >= 4 is 0 Å². The minimum absolute atomic E-state index is 0.229. The summed E-state index contributed by atoms with van der Waals surface area (Å²) in [4.78, 5) is 0. The summed E-state index contributed by atoms with van der Waals surface area (Å²) in [6.45, 7) is 0.864. The molecule has 24 nitrogen and oxygen atoms in total. The minimum Gasteiger partial charge on any atom is -0.394 e. The predicted octanol–water partition coefficient (Wildman–Crippen LogP) is -4.24. The molecule has 0 aromatic rings. The average Bonchev–Trinajstić information content (AvgIpc) is 3.34. The van der Waals surface area contributed by atoms with Gasteiger partial charge in [0.2, 0.25) is 0 Å². The van der Waals surface area contributed by atoms with E-state index in [4.69, 9.17) is 47.4 Å². The number of unbranched alkanes of at least 4 members (excludes halogenated alkanes) is 10. The van der Waals surface area contributed by atoms with Crippen LogP contribution in [-0.2, 0) is 47.4 Å². The van der Waals surface area contributed by atoms with Crippen LogP contribution in [0, 0.1) is 0 Å². The Morgan fingerprint density at radius 1 is 0.353 bits per heavy atom. The van der Waals surface area contributed by atoms with Crippen LogP contribution in [0.4, 0.5) is 0 Å².